The Kier molecular flexibility index (Phi) is 10.3. The smallest absolute Gasteiger partial charge is 0.244 e. The molecule has 5 heteroatoms. The van der Waals surface area contributed by atoms with E-state index < -0.39 is 0 Å². The fraction of sp³-hybridized carbons (Fsp3) is 0.333. The van der Waals surface area contributed by atoms with Gasteiger partial charge >= 0.3 is 0 Å². The molecule has 154 valence electrons. The van der Waals surface area contributed by atoms with E-state index in [9.17, 15) is 4.79 Å². The molecule has 0 aliphatic heterocycles. The van der Waals surface area contributed by atoms with Gasteiger partial charge in [-0.25, -0.2) is 0 Å². The number of amides is 1. The maximum Gasteiger partial charge on any atom is 0.244 e. The number of aromatic nitrogens is 1. The molecular weight excluding hydrogens is 362 g/mol. The van der Waals surface area contributed by atoms with Crippen molar-refractivity contribution >= 4 is 11.5 Å². The number of hydrogen-bond acceptors (Lipinski definition) is 4. The van der Waals surface area contributed by atoms with Gasteiger partial charge in [-0.3, -0.25) is 9.78 Å². The summed E-state index contributed by atoms with van der Waals surface area (Å²) in [6, 6.07) is 12.0. The van der Waals surface area contributed by atoms with E-state index in [0.29, 0.717) is 13.1 Å². The Labute approximate surface area is 173 Å². The Bertz CT molecular complexity index is 784. The maximum absolute atomic E-state index is 12.0. The van der Waals surface area contributed by atoms with Gasteiger partial charge in [-0.2, -0.15) is 0 Å². The Morgan fingerprint density at radius 3 is 2.69 bits per heavy atom. The van der Waals surface area contributed by atoms with Crippen molar-refractivity contribution in [3.63, 3.8) is 0 Å². The van der Waals surface area contributed by atoms with Crippen molar-refractivity contribution < 1.29 is 9.53 Å². The molecule has 29 heavy (non-hydrogen) atoms. The molecule has 0 fully saturated rings. The monoisotopic (exact) mass is 393 g/mol. The molecule has 1 aromatic carbocycles. The number of allylic oxidation sites excluding steroid dienone is 3. The van der Waals surface area contributed by atoms with Crippen molar-refractivity contribution in [1.29, 1.82) is 0 Å². The topological polar surface area (TPSA) is 63.2 Å². The SMILES string of the molecule is CCCC/C(=C\C=C\C(=O)NCCNCc1cccnc1)c1ccc(OC)cc1. The van der Waals surface area contributed by atoms with Crippen LogP contribution in [0.5, 0.6) is 5.75 Å². The minimum absolute atomic E-state index is 0.0889. The third-order valence-electron chi connectivity index (χ3n) is 4.46. The number of hydrogen-bond donors (Lipinski definition) is 2. The summed E-state index contributed by atoms with van der Waals surface area (Å²) in [5.74, 6) is 0.754. The van der Waals surface area contributed by atoms with Gasteiger partial charge < -0.3 is 15.4 Å². The third-order valence-corrected chi connectivity index (χ3v) is 4.46. The molecule has 1 amide bonds. The molecule has 2 rings (SSSR count). The molecule has 0 unspecified atom stereocenters. The first kappa shape index (κ1) is 22.4. The minimum atomic E-state index is -0.0889. The molecule has 2 aromatic rings. The van der Waals surface area contributed by atoms with Crippen LogP contribution in [0, 0.1) is 0 Å². The van der Waals surface area contributed by atoms with Crippen LogP contribution in [0.4, 0.5) is 0 Å². The summed E-state index contributed by atoms with van der Waals surface area (Å²) in [5.41, 5.74) is 3.50. The van der Waals surface area contributed by atoms with Crippen molar-refractivity contribution in [2.24, 2.45) is 0 Å². The summed E-state index contributed by atoms with van der Waals surface area (Å²) in [6.45, 7) is 4.20. The number of nitrogens with zero attached hydrogens (tertiary/aromatic N) is 1. The second kappa shape index (κ2) is 13.3. The zero-order valence-electron chi connectivity index (χ0n) is 17.4. The highest BCUT2D eigenvalue weighted by molar-refractivity contribution is 5.88. The second-order valence-electron chi connectivity index (χ2n) is 6.71. The van der Waals surface area contributed by atoms with Gasteiger partial charge in [0.1, 0.15) is 5.75 Å². The Hall–Kier alpha value is -2.92. The van der Waals surface area contributed by atoms with Crippen LogP contribution in [-0.4, -0.2) is 31.1 Å². The van der Waals surface area contributed by atoms with Crippen LogP contribution in [-0.2, 0) is 11.3 Å². The van der Waals surface area contributed by atoms with E-state index in [1.807, 2.05) is 42.6 Å². The summed E-state index contributed by atoms with van der Waals surface area (Å²) in [6.07, 6.45) is 12.2. The molecule has 2 N–H and O–H groups in total. The highest BCUT2D eigenvalue weighted by Crippen LogP contribution is 2.23. The predicted octanol–water partition coefficient (Wildman–Crippen LogP) is 4.13. The summed E-state index contributed by atoms with van der Waals surface area (Å²) in [5, 5.41) is 6.18. The van der Waals surface area contributed by atoms with Gasteiger partial charge in [0.2, 0.25) is 5.91 Å². The summed E-state index contributed by atoms with van der Waals surface area (Å²) < 4.78 is 5.23. The van der Waals surface area contributed by atoms with Gasteiger partial charge in [0, 0.05) is 38.1 Å². The molecule has 0 saturated carbocycles. The van der Waals surface area contributed by atoms with E-state index in [2.05, 4.69) is 34.7 Å². The Morgan fingerprint density at radius 1 is 1.17 bits per heavy atom. The van der Waals surface area contributed by atoms with Crippen LogP contribution in [0.25, 0.3) is 5.57 Å². The molecular formula is C24H31N3O2. The summed E-state index contributed by atoms with van der Waals surface area (Å²) >= 11 is 0. The van der Waals surface area contributed by atoms with Gasteiger partial charge in [0.15, 0.2) is 0 Å². The van der Waals surface area contributed by atoms with E-state index in [1.54, 1.807) is 19.4 Å². The first-order valence-corrected chi connectivity index (χ1v) is 10.1. The molecule has 0 saturated heterocycles. The van der Waals surface area contributed by atoms with Crippen LogP contribution in [0.3, 0.4) is 0 Å². The lowest BCUT2D eigenvalue weighted by Gasteiger charge is -2.08. The fourth-order valence-corrected chi connectivity index (χ4v) is 2.82. The van der Waals surface area contributed by atoms with Crippen LogP contribution in [0.15, 0.2) is 67.0 Å². The molecule has 1 aromatic heterocycles. The zero-order valence-corrected chi connectivity index (χ0v) is 17.4. The molecule has 0 radical (unpaired) electrons. The van der Waals surface area contributed by atoms with Gasteiger partial charge in [-0.15, -0.1) is 0 Å². The van der Waals surface area contributed by atoms with E-state index in [4.69, 9.17) is 4.74 Å². The number of benzene rings is 1. The lowest BCUT2D eigenvalue weighted by molar-refractivity contribution is -0.116. The normalized spacial score (nSPS) is 11.6. The van der Waals surface area contributed by atoms with Crippen molar-refractivity contribution in [3.8, 4) is 5.75 Å². The average molecular weight is 394 g/mol. The molecule has 0 aliphatic rings. The molecule has 0 atom stereocenters. The number of rotatable bonds is 12. The highest BCUT2D eigenvalue weighted by Gasteiger charge is 2.02. The minimum Gasteiger partial charge on any atom is -0.497 e. The average Bonchev–Trinajstić information content (AvgIpc) is 2.76. The lowest BCUT2D eigenvalue weighted by atomic mass is 9.99. The molecule has 0 aliphatic carbocycles. The number of nitrogens with one attached hydrogen (secondary N) is 2. The first-order chi connectivity index (χ1) is 14.2. The van der Waals surface area contributed by atoms with E-state index >= 15 is 0 Å². The van der Waals surface area contributed by atoms with Gasteiger partial charge in [0.05, 0.1) is 7.11 Å². The molecule has 1 heterocycles. The van der Waals surface area contributed by atoms with E-state index in [1.165, 1.54) is 5.57 Å². The van der Waals surface area contributed by atoms with Crippen LogP contribution in [0.1, 0.15) is 37.3 Å². The second-order valence-corrected chi connectivity index (χ2v) is 6.71. The Balaban J connectivity index is 1.79. The third kappa shape index (κ3) is 8.75. The zero-order chi connectivity index (χ0) is 20.7. The van der Waals surface area contributed by atoms with Crippen LogP contribution < -0.4 is 15.4 Å². The molecule has 0 spiro atoms. The van der Waals surface area contributed by atoms with Crippen LogP contribution >= 0.6 is 0 Å². The van der Waals surface area contributed by atoms with Gasteiger partial charge in [-0.1, -0.05) is 43.7 Å². The summed E-state index contributed by atoms with van der Waals surface area (Å²) in [7, 11) is 1.67. The Morgan fingerprint density at radius 2 is 2.00 bits per heavy atom. The lowest BCUT2D eigenvalue weighted by Crippen LogP contribution is -2.30. The highest BCUT2D eigenvalue weighted by atomic mass is 16.5. The number of carbonyl (C=O) groups excluding carboxylic acids is 1. The fourth-order valence-electron chi connectivity index (χ4n) is 2.82. The largest absolute Gasteiger partial charge is 0.497 e. The number of methoxy groups -OCH3 is 1. The van der Waals surface area contributed by atoms with Crippen molar-refractivity contribution in [1.82, 2.24) is 15.6 Å². The predicted molar refractivity (Wildman–Crippen MR) is 119 cm³/mol. The molecule has 5 nitrogen and oxygen atoms in total. The van der Waals surface area contributed by atoms with Gasteiger partial charge in [-0.05, 0) is 47.7 Å². The molecule has 0 bridgehead atoms. The van der Waals surface area contributed by atoms with E-state index in [-0.39, 0.29) is 5.91 Å². The van der Waals surface area contributed by atoms with Crippen molar-refractivity contribution in [2.45, 2.75) is 32.7 Å². The number of ether oxygens (including phenoxy) is 1. The maximum atomic E-state index is 12.0. The number of carbonyl (C=O) groups is 1. The summed E-state index contributed by atoms with van der Waals surface area (Å²) in [4.78, 5) is 16.1. The van der Waals surface area contributed by atoms with E-state index in [0.717, 1.165) is 42.7 Å². The quantitative estimate of drug-likeness (QED) is 0.323. The van der Waals surface area contributed by atoms with Crippen molar-refractivity contribution in [2.75, 3.05) is 20.2 Å². The standard InChI is InChI=1S/C24H31N3O2/c1-3-4-8-21(22-11-13-23(29-2)14-12-22)9-5-10-24(28)27-17-16-26-19-20-7-6-15-25-18-20/h5-7,9-15,18,26H,3-4,8,16-17,19H2,1-2H3,(H,27,28)/b10-5+,21-9+. The van der Waals surface area contributed by atoms with Crippen molar-refractivity contribution in [3.05, 3.63) is 78.1 Å². The number of unbranched alkanes of at least 4 members (excludes halogenated alkanes) is 1. The first-order valence-electron chi connectivity index (χ1n) is 10.1. The number of pyridine rings is 1. The van der Waals surface area contributed by atoms with Crippen LogP contribution in [0.2, 0.25) is 0 Å². The van der Waals surface area contributed by atoms with Gasteiger partial charge in [0.25, 0.3) is 0 Å².